The number of benzene rings is 1. The smallest absolute Gasteiger partial charge is 0.194 e. The zero-order chi connectivity index (χ0) is 15.6. The molecule has 1 N–H and O–H groups in total. The second kappa shape index (κ2) is 6.58. The number of halogens is 3. The van der Waals surface area contributed by atoms with Crippen molar-refractivity contribution in [3.8, 4) is 10.6 Å². The summed E-state index contributed by atoms with van der Waals surface area (Å²) in [5, 5.41) is 3.79. The molecule has 2 nitrogen and oxygen atoms in total. The van der Waals surface area contributed by atoms with E-state index in [4.69, 9.17) is 0 Å². The van der Waals surface area contributed by atoms with Crippen LogP contribution in [0.3, 0.4) is 0 Å². The second-order valence-corrected chi connectivity index (χ2v) is 6.39. The fourth-order valence-corrected chi connectivity index (χ4v) is 2.89. The lowest BCUT2D eigenvalue weighted by molar-refractivity contribution is 0.447. The van der Waals surface area contributed by atoms with E-state index in [0.717, 1.165) is 29.2 Å². The van der Waals surface area contributed by atoms with E-state index >= 15 is 0 Å². The van der Waals surface area contributed by atoms with Crippen LogP contribution in [0.2, 0.25) is 0 Å². The summed E-state index contributed by atoms with van der Waals surface area (Å²) in [6.45, 7) is 7.62. The topological polar surface area (TPSA) is 24.9 Å². The number of aromatic nitrogens is 1. The predicted molar refractivity (Wildman–Crippen MR) is 78.7 cm³/mol. The van der Waals surface area contributed by atoms with Crippen molar-refractivity contribution in [2.45, 2.75) is 27.3 Å². The van der Waals surface area contributed by atoms with Gasteiger partial charge in [0, 0.05) is 17.0 Å². The Kier molecular flexibility index (Phi) is 5.00. The molecule has 2 rings (SSSR count). The summed E-state index contributed by atoms with van der Waals surface area (Å²) in [4.78, 5) is 5.32. The maximum atomic E-state index is 13.3. The van der Waals surface area contributed by atoms with Crippen LogP contribution < -0.4 is 5.32 Å². The van der Waals surface area contributed by atoms with Crippen molar-refractivity contribution in [1.82, 2.24) is 10.3 Å². The number of nitrogens with zero attached hydrogens (tertiary/aromatic N) is 1. The average Bonchev–Trinajstić information content (AvgIpc) is 2.77. The van der Waals surface area contributed by atoms with E-state index in [1.807, 2.05) is 6.92 Å². The van der Waals surface area contributed by atoms with E-state index in [1.165, 1.54) is 11.3 Å². The Labute approximate surface area is 126 Å². The van der Waals surface area contributed by atoms with Gasteiger partial charge in [0.2, 0.25) is 0 Å². The molecular formula is C15H17F3N2S. The van der Waals surface area contributed by atoms with E-state index in [9.17, 15) is 13.2 Å². The minimum atomic E-state index is -1.45. The van der Waals surface area contributed by atoms with Gasteiger partial charge >= 0.3 is 0 Å². The summed E-state index contributed by atoms with van der Waals surface area (Å²) in [5.74, 6) is -3.31. The summed E-state index contributed by atoms with van der Waals surface area (Å²) >= 11 is 1.36. The number of hydrogen-bond acceptors (Lipinski definition) is 3. The van der Waals surface area contributed by atoms with Crippen LogP contribution in [0.1, 0.15) is 24.4 Å². The number of nitrogens with one attached hydrogen (secondary N) is 1. The zero-order valence-electron chi connectivity index (χ0n) is 12.1. The molecular weight excluding hydrogens is 297 g/mol. The van der Waals surface area contributed by atoms with Crippen molar-refractivity contribution in [2.24, 2.45) is 5.92 Å². The van der Waals surface area contributed by atoms with Crippen LogP contribution in [0.25, 0.3) is 10.6 Å². The van der Waals surface area contributed by atoms with Gasteiger partial charge in [-0.3, -0.25) is 0 Å². The van der Waals surface area contributed by atoms with Crippen molar-refractivity contribution in [3.05, 3.63) is 40.2 Å². The molecule has 21 heavy (non-hydrogen) atoms. The Morgan fingerprint density at radius 1 is 1.19 bits per heavy atom. The van der Waals surface area contributed by atoms with Crippen molar-refractivity contribution in [3.63, 3.8) is 0 Å². The predicted octanol–water partition coefficient (Wildman–Crippen LogP) is 4.28. The van der Waals surface area contributed by atoms with E-state index in [2.05, 4.69) is 24.1 Å². The summed E-state index contributed by atoms with van der Waals surface area (Å²) < 4.78 is 39.5. The third kappa shape index (κ3) is 3.83. The molecule has 0 aliphatic rings. The molecule has 0 atom stereocenters. The molecule has 0 aliphatic heterocycles. The standard InChI is InChI=1S/C15H17F3N2S/c1-8(2)6-19-7-13-9(3)20-15(21-13)10-4-11(16)14(18)12(17)5-10/h4-5,8,19H,6-7H2,1-3H3. The third-order valence-corrected chi connectivity index (χ3v) is 4.17. The lowest BCUT2D eigenvalue weighted by atomic mass is 10.2. The van der Waals surface area contributed by atoms with Gasteiger partial charge < -0.3 is 5.32 Å². The Morgan fingerprint density at radius 2 is 1.81 bits per heavy atom. The van der Waals surface area contributed by atoms with Crippen molar-refractivity contribution < 1.29 is 13.2 Å². The lowest BCUT2D eigenvalue weighted by Crippen LogP contribution is -2.18. The monoisotopic (exact) mass is 314 g/mol. The first-order valence-electron chi connectivity index (χ1n) is 6.70. The minimum Gasteiger partial charge on any atom is -0.312 e. The van der Waals surface area contributed by atoms with Gasteiger partial charge in [-0.2, -0.15) is 0 Å². The van der Waals surface area contributed by atoms with Gasteiger partial charge in [-0.25, -0.2) is 18.2 Å². The van der Waals surface area contributed by atoms with E-state index in [1.54, 1.807) is 0 Å². The number of rotatable bonds is 5. The highest BCUT2D eigenvalue weighted by molar-refractivity contribution is 7.15. The number of hydrogen-bond donors (Lipinski definition) is 1. The Morgan fingerprint density at radius 3 is 2.38 bits per heavy atom. The molecule has 0 bridgehead atoms. The molecule has 0 amide bonds. The molecule has 1 aromatic carbocycles. The summed E-state index contributed by atoms with van der Waals surface area (Å²) in [6.07, 6.45) is 0. The van der Waals surface area contributed by atoms with Gasteiger partial charge in [0.15, 0.2) is 17.5 Å². The van der Waals surface area contributed by atoms with Gasteiger partial charge in [-0.1, -0.05) is 13.8 Å². The molecule has 6 heteroatoms. The highest BCUT2D eigenvalue weighted by Gasteiger charge is 2.15. The highest BCUT2D eigenvalue weighted by Crippen LogP contribution is 2.29. The van der Waals surface area contributed by atoms with Crippen LogP contribution in [-0.2, 0) is 6.54 Å². The first-order valence-corrected chi connectivity index (χ1v) is 7.52. The quantitative estimate of drug-likeness (QED) is 0.833. The molecule has 2 aromatic rings. The summed E-state index contributed by atoms with van der Waals surface area (Å²) in [5.41, 5.74) is 1.08. The fraction of sp³-hybridized carbons (Fsp3) is 0.400. The van der Waals surface area contributed by atoms with Gasteiger partial charge in [0.25, 0.3) is 0 Å². The van der Waals surface area contributed by atoms with Crippen LogP contribution in [0.4, 0.5) is 13.2 Å². The summed E-state index contributed by atoms with van der Waals surface area (Å²) in [7, 11) is 0. The minimum absolute atomic E-state index is 0.259. The van der Waals surface area contributed by atoms with Crippen LogP contribution in [0, 0.1) is 30.3 Å². The maximum absolute atomic E-state index is 13.3. The first kappa shape index (κ1) is 16.0. The lowest BCUT2D eigenvalue weighted by Gasteiger charge is -2.05. The molecule has 0 aliphatic carbocycles. The van der Waals surface area contributed by atoms with E-state index < -0.39 is 17.5 Å². The van der Waals surface area contributed by atoms with E-state index in [0.29, 0.717) is 17.5 Å². The SMILES string of the molecule is Cc1nc(-c2cc(F)c(F)c(F)c2)sc1CNCC(C)C. The van der Waals surface area contributed by atoms with Gasteiger partial charge in [0.05, 0.1) is 5.69 Å². The molecule has 0 saturated heterocycles. The Balaban J connectivity index is 2.22. The average molecular weight is 314 g/mol. The first-order chi connectivity index (χ1) is 9.88. The van der Waals surface area contributed by atoms with Crippen LogP contribution >= 0.6 is 11.3 Å². The molecule has 1 heterocycles. The molecule has 0 unspecified atom stereocenters. The van der Waals surface area contributed by atoms with Gasteiger partial charge in [-0.15, -0.1) is 11.3 Å². The number of thiazole rings is 1. The van der Waals surface area contributed by atoms with Crippen LogP contribution in [0.5, 0.6) is 0 Å². The molecule has 1 aromatic heterocycles. The Bertz CT molecular complexity index is 615. The van der Waals surface area contributed by atoms with Crippen LogP contribution in [-0.4, -0.2) is 11.5 Å². The molecule has 0 fully saturated rings. The van der Waals surface area contributed by atoms with Gasteiger partial charge in [0.1, 0.15) is 5.01 Å². The normalized spacial score (nSPS) is 11.4. The maximum Gasteiger partial charge on any atom is 0.194 e. The van der Waals surface area contributed by atoms with Crippen molar-refractivity contribution in [2.75, 3.05) is 6.54 Å². The molecule has 0 spiro atoms. The fourth-order valence-electron chi connectivity index (χ4n) is 1.87. The second-order valence-electron chi connectivity index (χ2n) is 5.31. The van der Waals surface area contributed by atoms with Gasteiger partial charge in [-0.05, 0) is 31.5 Å². The molecule has 0 saturated carbocycles. The third-order valence-electron chi connectivity index (χ3n) is 2.96. The number of aryl methyl sites for hydroxylation is 1. The largest absolute Gasteiger partial charge is 0.312 e. The van der Waals surface area contributed by atoms with Crippen molar-refractivity contribution >= 4 is 11.3 Å². The van der Waals surface area contributed by atoms with Crippen molar-refractivity contribution in [1.29, 1.82) is 0 Å². The van der Waals surface area contributed by atoms with Crippen LogP contribution in [0.15, 0.2) is 12.1 Å². The highest BCUT2D eigenvalue weighted by atomic mass is 32.1. The molecule has 0 radical (unpaired) electrons. The summed E-state index contributed by atoms with van der Waals surface area (Å²) in [6, 6.07) is 1.95. The zero-order valence-corrected chi connectivity index (χ0v) is 13.0. The van der Waals surface area contributed by atoms with E-state index in [-0.39, 0.29) is 5.56 Å². The Hall–Kier alpha value is -1.40. The molecule has 114 valence electrons.